The van der Waals surface area contributed by atoms with Crippen LogP contribution in [0.5, 0.6) is 0 Å². The molecule has 0 aliphatic heterocycles. The molecule has 0 heterocycles. The molecule has 98 valence electrons. The fourth-order valence-corrected chi connectivity index (χ4v) is 2.28. The smallest absolute Gasteiger partial charge is 0.328 e. The molecule has 4 nitrogen and oxygen atoms in total. The van der Waals surface area contributed by atoms with E-state index in [1.165, 1.54) is 39.5 Å². The molecule has 0 bridgehead atoms. The van der Waals surface area contributed by atoms with Gasteiger partial charge in [-0.1, -0.05) is 25.7 Å². The Kier molecular flexibility index (Phi) is 4.97. The van der Waals surface area contributed by atoms with Crippen LogP contribution < -0.4 is 5.32 Å². The molecule has 0 radical (unpaired) electrons. The molecule has 1 aliphatic rings. The first-order valence-corrected chi connectivity index (χ1v) is 6.46. The van der Waals surface area contributed by atoms with Gasteiger partial charge in [-0.2, -0.15) is 0 Å². The van der Waals surface area contributed by atoms with E-state index < -0.39 is 11.5 Å². The Hall–Kier alpha value is -1.06. The van der Waals surface area contributed by atoms with Gasteiger partial charge in [-0.05, 0) is 32.6 Å². The van der Waals surface area contributed by atoms with Crippen molar-refractivity contribution >= 4 is 11.9 Å². The van der Waals surface area contributed by atoms with Gasteiger partial charge in [0.05, 0.1) is 0 Å². The van der Waals surface area contributed by atoms with E-state index in [-0.39, 0.29) is 5.91 Å². The third-order valence-corrected chi connectivity index (χ3v) is 3.44. The SMILES string of the molecule is CC(C)(NC(=O)CC1CCCCCC1)C(=O)O. The van der Waals surface area contributed by atoms with Crippen molar-refractivity contribution in [2.75, 3.05) is 0 Å². The van der Waals surface area contributed by atoms with Crippen LogP contribution in [0.2, 0.25) is 0 Å². The Balaban J connectivity index is 2.40. The summed E-state index contributed by atoms with van der Waals surface area (Å²) in [4.78, 5) is 22.7. The van der Waals surface area contributed by atoms with Crippen LogP contribution in [0, 0.1) is 5.92 Å². The van der Waals surface area contributed by atoms with E-state index in [1.807, 2.05) is 0 Å². The Morgan fingerprint density at radius 1 is 1.18 bits per heavy atom. The van der Waals surface area contributed by atoms with Gasteiger partial charge in [0.2, 0.25) is 5.91 Å². The summed E-state index contributed by atoms with van der Waals surface area (Å²) in [5, 5.41) is 11.5. The highest BCUT2D eigenvalue weighted by Crippen LogP contribution is 2.25. The Labute approximate surface area is 103 Å². The molecule has 4 heteroatoms. The molecule has 0 aromatic rings. The fourth-order valence-electron chi connectivity index (χ4n) is 2.28. The minimum absolute atomic E-state index is 0.135. The normalized spacial score (nSPS) is 18.5. The van der Waals surface area contributed by atoms with Gasteiger partial charge in [-0.25, -0.2) is 4.79 Å². The van der Waals surface area contributed by atoms with Gasteiger partial charge in [0, 0.05) is 6.42 Å². The topological polar surface area (TPSA) is 66.4 Å². The highest BCUT2D eigenvalue weighted by atomic mass is 16.4. The number of amides is 1. The average molecular weight is 241 g/mol. The molecule has 17 heavy (non-hydrogen) atoms. The predicted octanol–water partition coefficient (Wildman–Crippen LogP) is 2.33. The van der Waals surface area contributed by atoms with E-state index in [0.717, 1.165) is 12.8 Å². The van der Waals surface area contributed by atoms with Crippen LogP contribution in [-0.2, 0) is 9.59 Å². The molecule has 1 amide bonds. The minimum Gasteiger partial charge on any atom is -0.480 e. The van der Waals surface area contributed by atoms with Gasteiger partial charge in [-0.3, -0.25) is 4.79 Å². The molecule has 0 aromatic heterocycles. The number of hydrogen-bond donors (Lipinski definition) is 2. The van der Waals surface area contributed by atoms with Gasteiger partial charge in [0.25, 0.3) is 0 Å². The first-order valence-electron chi connectivity index (χ1n) is 6.46. The Bertz CT molecular complexity index is 278. The lowest BCUT2D eigenvalue weighted by molar-refractivity contribution is -0.146. The molecule has 0 aromatic carbocycles. The number of aliphatic carboxylic acids is 1. The van der Waals surface area contributed by atoms with E-state index in [9.17, 15) is 9.59 Å². The van der Waals surface area contributed by atoms with Gasteiger partial charge in [0.15, 0.2) is 0 Å². The number of carbonyl (C=O) groups excluding carboxylic acids is 1. The number of rotatable bonds is 4. The molecule has 0 spiro atoms. The van der Waals surface area contributed by atoms with Crippen molar-refractivity contribution in [1.29, 1.82) is 0 Å². The summed E-state index contributed by atoms with van der Waals surface area (Å²) < 4.78 is 0. The third kappa shape index (κ3) is 4.75. The largest absolute Gasteiger partial charge is 0.480 e. The van der Waals surface area contributed by atoms with E-state index in [2.05, 4.69) is 5.32 Å². The number of hydrogen-bond acceptors (Lipinski definition) is 2. The Morgan fingerprint density at radius 3 is 2.18 bits per heavy atom. The van der Waals surface area contributed by atoms with Crippen molar-refractivity contribution in [3.63, 3.8) is 0 Å². The second-order valence-corrected chi connectivity index (χ2v) is 5.54. The number of nitrogens with one attached hydrogen (secondary N) is 1. The van der Waals surface area contributed by atoms with E-state index in [0.29, 0.717) is 12.3 Å². The first-order chi connectivity index (χ1) is 7.92. The molecule has 0 atom stereocenters. The minimum atomic E-state index is -1.16. The average Bonchev–Trinajstić information content (AvgIpc) is 2.45. The van der Waals surface area contributed by atoms with Gasteiger partial charge in [0.1, 0.15) is 5.54 Å². The van der Waals surface area contributed by atoms with E-state index in [4.69, 9.17) is 5.11 Å². The maximum Gasteiger partial charge on any atom is 0.328 e. The van der Waals surface area contributed by atoms with Gasteiger partial charge < -0.3 is 10.4 Å². The molecule has 1 fully saturated rings. The van der Waals surface area contributed by atoms with Gasteiger partial charge >= 0.3 is 5.97 Å². The van der Waals surface area contributed by atoms with Crippen LogP contribution in [0.15, 0.2) is 0 Å². The zero-order valence-electron chi connectivity index (χ0n) is 10.8. The molecule has 1 saturated carbocycles. The lowest BCUT2D eigenvalue weighted by Gasteiger charge is -2.22. The maximum atomic E-state index is 11.8. The highest BCUT2D eigenvalue weighted by Gasteiger charge is 2.29. The quantitative estimate of drug-likeness (QED) is 0.742. The third-order valence-electron chi connectivity index (χ3n) is 3.44. The van der Waals surface area contributed by atoms with Gasteiger partial charge in [-0.15, -0.1) is 0 Å². The van der Waals surface area contributed by atoms with Crippen LogP contribution in [0.4, 0.5) is 0 Å². The van der Waals surface area contributed by atoms with Crippen LogP contribution in [0.1, 0.15) is 58.8 Å². The number of carboxylic acid groups (broad SMARTS) is 1. The first kappa shape index (κ1) is 14.0. The summed E-state index contributed by atoms with van der Waals surface area (Å²) in [6.07, 6.45) is 7.58. The summed E-state index contributed by atoms with van der Waals surface area (Å²) in [6, 6.07) is 0. The molecule has 1 rings (SSSR count). The Morgan fingerprint density at radius 2 is 1.71 bits per heavy atom. The zero-order chi connectivity index (χ0) is 12.9. The summed E-state index contributed by atoms with van der Waals surface area (Å²) >= 11 is 0. The van der Waals surface area contributed by atoms with Crippen molar-refractivity contribution in [2.45, 2.75) is 64.3 Å². The molecule has 0 unspecified atom stereocenters. The molecule has 0 saturated heterocycles. The lowest BCUT2D eigenvalue weighted by atomic mass is 9.95. The van der Waals surface area contributed by atoms with Crippen molar-refractivity contribution in [3.8, 4) is 0 Å². The van der Waals surface area contributed by atoms with Crippen LogP contribution in [0.25, 0.3) is 0 Å². The van der Waals surface area contributed by atoms with Crippen molar-refractivity contribution in [3.05, 3.63) is 0 Å². The van der Waals surface area contributed by atoms with Crippen molar-refractivity contribution < 1.29 is 14.7 Å². The van der Waals surface area contributed by atoms with Crippen LogP contribution in [0.3, 0.4) is 0 Å². The zero-order valence-corrected chi connectivity index (χ0v) is 10.8. The van der Waals surface area contributed by atoms with E-state index >= 15 is 0 Å². The van der Waals surface area contributed by atoms with Crippen LogP contribution >= 0.6 is 0 Å². The second-order valence-electron chi connectivity index (χ2n) is 5.54. The summed E-state index contributed by atoms with van der Waals surface area (Å²) in [7, 11) is 0. The fraction of sp³-hybridized carbons (Fsp3) is 0.846. The van der Waals surface area contributed by atoms with Crippen molar-refractivity contribution in [1.82, 2.24) is 5.32 Å². The summed E-state index contributed by atoms with van der Waals surface area (Å²) in [5.41, 5.74) is -1.16. The molecule has 2 N–H and O–H groups in total. The monoisotopic (exact) mass is 241 g/mol. The van der Waals surface area contributed by atoms with E-state index in [1.54, 1.807) is 0 Å². The summed E-state index contributed by atoms with van der Waals surface area (Å²) in [5.74, 6) is -0.696. The number of carboxylic acids is 1. The maximum absolute atomic E-state index is 11.8. The van der Waals surface area contributed by atoms with Crippen molar-refractivity contribution in [2.24, 2.45) is 5.92 Å². The molecule has 1 aliphatic carbocycles. The highest BCUT2D eigenvalue weighted by molar-refractivity contribution is 5.86. The molecular formula is C13H23NO3. The summed E-state index contributed by atoms with van der Waals surface area (Å²) in [6.45, 7) is 3.03. The van der Waals surface area contributed by atoms with Crippen LogP contribution in [-0.4, -0.2) is 22.5 Å². The predicted molar refractivity (Wildman–Crippen MR) is 65.7 cm³/mol. The molecular weight excluding hydrogens is 218 g/mol. The second kappa shape index (κ2) is 6.03. The number of carbonyl (C=O) groups is 2. The lowest BCUT2D eigenvalue weighted by Crippen LogP contribution is -2.50. The standard InChI is InChI=1S/C13H23NO3/c1-13(2,12(16)17)14-11(15)9-10-7-5-3-4-6-8-10/h10H,3-9H2,1-2H3,(H,14,15)(H,16,17).